The number of ketones is 1. The number of hydrogen-bond donors (Lipinski definition) is 1. The van der Waals surface area contributed by atoms with Gasteiger partial charge in [0.05, 0.1) is 7.11 Å². The highest BCUT2D eigenvalue weighted by atomic mass is 32.2. The maximum atomic E-state index is 12.3. The third kappa shape index (κ3) is 5.62. The summed E-state index contributed by atoms with van der Waals surface area (Å²) in [7, 11) is 1.51. The second kappa shape index (κ2) is 8.77. The van der Waals surface area contributed by atoms with Gasteiger partial charge in [-0.2, -0.15) is 13.2 Å². The molecule has 2 aromatic rings. The van der Waals surface area contributed by atoms with Gasteiger partial charge < -0.3 is 10.1 Å². The van der Waals surface area contributed by atoms with Crippen molar-refractivity contribution in [2.75, 3.05) is 18.7 Å². The van der Waals surface area contributed by atoms with Crippen LogP contribution in [-0.2, 0) is 4.79 Å². The number of halogens is 3. The Kier molecular flexibility index (Phi) is 6.68. The number of nitrogens with one attached hydrogen (secondary N) is 1. The Morgan fingerprint density at radius 2 is 1.89 bits per heavy atom. The highest BCUT2D eigenvalue weighted by molar-refractivity contribution is 7.98. The molecule has 1 amide bonds. The minimum atomic E-state index is -4.97. The summed E-state index contributed by atoms with van der Waals surface area (Å²) in [5.74, 6) is -1.76. The summed E-state index contributed by atoms with van der Waals surface area (Å²) >= 11 is 1.49. The number of thioether (sulfide) groups is 1. The Morgan fingerprint density at radius 1 is 1.15 bits per heavy atom. The normalized spacial score (nSPS) is 11.4. The number of methoxy groups -OCH3 is 1. The summed E-state index contributed by atoms with van der Waals surface area (Å²) in [5.41, 5.74) is 0.872. The van der Waals surface area contributed by atoms with Gasteiger partial charge in [-0.1, -0.05) is 18.2 Å². The van der Waals surface area contributed by atoms with Crippen LogP contribution in [-0.4, -0.2) is 31.2 Å². The minimum absolute atomic E-state index is 0.0158. The molecule has 2 aromatic carbocycles. The van der Waals surface area contributed by atoms with Crippen molar-refractivity contribution in [2.24, 2.45) is 0 Å². The van der Waals surface area contributed by atoms with E-state index in [0.717, 1.165) is 4.90 Å². The zero-order chi connectivity index (χ0) is 20.0. The Balaban J connectivity index is 2.15. The summed E-state index contributed by atoms with van der Waals surface area (Å²) in [6.45, 7) is 0. The van der Waals surface area contributed by atoms with E-state index in [0.29, 0.717) is 16.9 Å². The van der Waals surface area contributed by atoms with Crippen molar-refractivity contribution in [2.45, 2.75) is 11.1 Å². The Morgan fingerprint density at radius 3 is 2.52 bits per heavy atom. The predicted molar refractivity (Wildman–Crippen MR) is 99.3 cm³/mol. The van der Waals surface area contributed by atoms with Gasteiger partial charge in [0.2, 0.25) is 0 Å². The third-order valence-corrected chi connectivity index (χ3v) is 4.27. The lowest BCUT2D eigenvalue weighted by molar-refractivity contribution is -0.167. The van der Waals surface area contributed by atoms with Crippen LogP contribution in [0.2, 0.25) is 0 Å². The van der Waals surface area contributed by atoms with Crippen molar-refractivity contribution in [1.29, 1.82) is 0 Å². The van der Waals surface area contributed by atoms with Gasteiger partial charge in [-0.05, 0) is 48.2 Å². The smallest absolute Gasteiger partial charge is 0.471 e. The number of amides is 1. The molecule has 4 nitrogen and oxygen atoms in total. The first-order chi connectivity index (χ1) is 12.7. The van der Waals surface area contributed by atoms with E-state index >= 15 is 0 Å². The lowest BCUT2D eigenvalue weighted by Crippen LogP contribution is -2.29. The zero-order valence-corrected chi connectivity index (χ0v) is 15.3. The number of carbonyl (C=O) groups is 2. The molecule has 0 saturated carbocycles. The van der Waals surface area contributed by atoms with E-state index in [1.54, 1.807) is 29.6 Å². The number of anilines is 1. The second-order valence-corrected chi connectivity index (χ2v) is 6.19. The summed E-state index contributed by atoms with van der Waals surface area (Å²) in [6.07, 6.45) is -0.313. The molecule has 142 valence electrons. The standard InChI is InChI=1S/C19H16F3NO3S/c1-26-16-11-13(7-9-17(16)27-2)15(24)8-6-12-4-3-5-14(10-12)23-18(25)19(20,21)22/h3-11H,1-2H3,(H,23,25). The maximum Gasteiger partial charge on any atom is 0.471 e. The van der Waals surface area contributed by atoms with Gasteiger partial charge in [-0.3, -0.25) is 9.59 Å². The van der Waals surface area contributed by atoms with Crippen molar-refractivity contribution in [3.8, 4) is 5.75 Å². The van der Waals surface area contributed by atoms with E-state index < -0.39 is 12.1 Å². The van der Waals surface area contributed by atoms with Crippen molar-refractivity contribution < 1.29 is 27.5 Å². The molecule has 0 radical (unpaired) electrons. The van der Waals surface area contributed by atoms with Crippen LogP contribution in [0.3, 0.4) is 0 Å². The fraction of sp³-hybridized carbons (Fsp3) is 0.158. The molecule has 0 atom stereocenters. The summed E-state index contributed by atoms with van der Waals surface area (Å²) in [4.78, 5) is 24.2. The number of hydrogen-bond acceptors (Lipinski definition) is 4. The first-order valence-electron chi connectivity index (χ1n) is 7.67. The van der Waals surface area contributed by atoms with Crippen molar-refractivity contribution in [3.05, 3.63) is 59.7 Å². The van der Waals surface area contributed by atoms with Gasteiger partial charge in [-0.15, -0.1) is 11.8 Å². The van der Waals surface area contributed by atoms with Gasteiger partial charge in [0.1, 0.15) is 5.75 Å². The molecule has 8 heteroatoms. The molecule has 0 aliphatic rings. The van der Waals surface area contributed by atoms with Gasteiger partial charge in [-0.25, -0.2) is 0 Å². The van der Waals surface area contributed by atoms with E-state index in [9.17, 15) is 22.8 Å². The SMILES string of the molecule is COc1cc(C(=O)C=Cc2cccc(NC(=O)C(F)(F)F)c2)ccc1SC. The van der Waals surface area contributed by atoms with E-state index in [1.165, 1.54) is 49.2 Å². The molecule has 0 fully saturated rings. The van der Waals surface area contributed by atoms with Gasteiger partial charge in [0.25, 0.3) is 0 Å². The number of rotatable bonds is 6. The van der Waals surface area contributed by atoms with Crippen LogP contribution in [0, 0.1) is 0 Å². The molecule has 0 spiro atoms. The lowest BCUT2D eigenvalue weighted by atomic mass is 10.1. The molecule has 2 rings (SSSR count). The van der Waals surface area contributed by atoms with Gasteiger partial charge >= 0.3 is 12.1 Å². The lowest BCUT2D eigenvalue weighted by Gasteiger charge is -2.08. The molecule has 1 N–H and O–H groups in total. The van der Waals surface area contributed by atoms with Crippen LogP contribution in [0.1, 0.15) is 15.9 Å². The van der Waals surface area contributed by atoms with Crippen molar-refractivity contribution in [3.63, 3.8) is 0 Å². The molecule has 0 saturated heterocycles. The van der Waals surface area contributed by atoms with Crippen molar-refractivity contribution in [1.82, 2.24) is 0 Å². The molecule has 0 aromatic heterocycles. The molecule has 27 heavy (non-hydrogen) atoms. The average molecular weight is 395 g/mol. The highest BCUT2D eigenvalue weighted by Gasteiger charge is 2.38. The Labute approximate surface area is 158 Å². The van der Waals surface area contributed by atoms with E-state index in [-0.39, 0.29) is 11.5 Å². The van der Waals surface area contributed by atoms with Crippen LogP contribution < -0.4 is 10.1 Å². The molecule has 0 aliphatic carbocycles. The first kappa shape index (κ1) is 20.6. The van der Waals surface area contributed by atoms with Crippen LogP contribution in [0.4, 0.5) is 18.9 Å². The largest absolute Gasteiger partial charge is 0.496 e. The number of allylic oxidation sites excluding steroid dienone is 1. The number of carbonyl (C=O) groups excluding carboxylic acids is 2. The third-order valence-electron chi connectivity index (χ3n) is 3.50. The fourth-order valence-corrected chi connectivity index (χ4v) is 2.73. The number of alkyl halides is 3. The average Bonchev–Trinajstić information content (AvgIpc) is 2.65. The monoisotopic (exact) mass is 395 g/mol. The van der Waals surface area contributed by atoms with Crippen LogP contribution in [0.15, 0.2) is 53.4 Å². The molecular weight excluding hydrogens is 379 g/mol. The second-order valence-electron chi connectivity index (χ2n) is 5.34. The van der Waals surface area contributed by atoms with E-state index in [4.69, 9.17) is 4.74 Å². The van der Waals surface area contributed by atoms with Gasteiger partial charge in [0, 0.05) is 16.1 Å². The Bertz CT molecular complexity index is 879. The quantitative estimate of drug-likeness (QED) is 0.433. The molecule has 0 aliphatic heterocycles. The summed E-state index contributed by atoms with van der Waals surface area (Å²) < 4.78 is 42.2. The number of benzene rings is 2. The van der Waals surface area contributed by atoms with Crippen LogP contribution in [0.5, 0.6) is 5.75 Å². The highest BCUT2D eigenvalue weighted by Crippen LogP contribution is 2.28. The van der Waals surface area contributed by atoms with Crippen LogP contribution >= 0.6 is 11.8 Å². The van der Waals surface area contributed by atoms with Gasteiger partial charge in [0.15, 0.2) is 5.78 Å². The summed E-state index contributed by atoms with van der Waals surface area (Å²) in [5, 5.41) is 1.77. The zero-order valence-electron chi connectivity index (χ0n) is 14.5. The maximum absolute atomic E-state index is 12.3. The van der Waals surface area contributed by atoms with E-state index in [2.05, 4.69) is 0 Å². The minimum Gasteiger partial charge on any atom is -0.496 e. The fourth-order valence-electron chi connectivity index (χ4n) is 2.18. The Hall–Kier alpha value is -2.74. The van der Waals surface area contributed by atoms with Crippen LogP contribution in [0.25, 0.3) is 6.08 Å². The van der Waals surface area contributed by atoms with E-state index in [1.807, 2.05) is 6.26 Å². The molecule has 0 unspecified atom stereocenters. The molecule has 0 bridgehead atoms. The summed E-state index contributed by atoms with van der Waals surface area (Å²) in [6, 6.07) is 10.8. The number of ether oxygens (including phenoxy) is 1. The molecule has 0 heterocycles. The molecular formula is C19H16F3NO3S. The first-order valence-corrected chi connectivity index (χ1v) is 8.89. The van der Waals surface area contributed by atoms with Crippen molar-refractivity contribution >= 4 is 35.2 Å². The predicted octanol–water partition coefficient (Wildman–Crippen LogP) is 4.81. The topological polar surface area (TPSA) is 55.4 Å².